The van der Waals surface area contributed by atoms with Crippen LogP contribution < -0.4 is 10.5 Å². The number of nitrogens with two attached hydrogens (primary N) is 1. The van der Waals surface area contributed by atoms with Gasteiger partial charge in [0.05, 0.1) is 6.54 Å². The van der Waals surface area contributed by atoms with Crippen LogP contribution in [-0.4, -0.2) is 68.3 Å². The molecule has 0 atom stereocenters. The van der Waals surface area contributed by atoms with Crippen molar-refractivity contribution in [3.63, 3.8) is 0 Å². The van der Waals surface area contributed by atoms with Crippen LogP contribution in [-0.2, 0) is 11.3 Å². The molecule has 0 spiro atoms. The fourth-order valence-electron chi connectivity index (χ4n) is 3.74. The highest BCUT2D eigenvalue weighted by Crippen LogP contribution is 2.16. The molecular weight excluding hydrogens is 340 g/mol. The quantitative estimate of drug-likeness (QED) is 0.587. The summed E-state index contributed by atoms with van der Waals surface area (Å²) in [7, 11) is 2.17. The average molecular weight is 375 g/mol. The Morgan fingerprint density at radius 1 is 1.26 bits per heavy atom. The van der Waals surface area contributed by atoms with Crippen LogP contribution in [0.4, 0.5) is 0 Å². The fraction of sp³-hybridized carbons (Fsp3) is 0.667. The summed E-state index contributed by atoms with van der Waals surface area (Å²) >= 11 is 0. The molecule has 0 aromatic heterocycles. The van der Waals surface area contributed by atoms with Crippen LogP contribution in [0, 0.1) is 0 Å². The first-order valence-corrected chi connectivity index (χ1v) is 10.3. The van der Waals surface area contributed by atoms with E-state index in [1.807, 2.05) is 12.1 Å². The van der Waals surface area contributed by atoms with Crippen molar-refractivity contribution in [2.24, 2.45) is 10.7 Å². The van der Waals surface area contributed by atoms with Crippen LogP contribution in [0.3, 0.4) is 0 Å². The lowest BCUT2D eigenvalue weighted by Crippen LogP contribution is -2.40. The molecule has 2 saturated heterocycles. The molecule has 2 aliphatic heterocycles. The topological polar surface area (TPSA) is 63.3 Å². The van der Waals surface area contributed by atoms with Crippen molar-refractivity contribution in [3.05, 3.63) is 29.8 Å². The van der Waals surface area contributed by atoms with E-state index < -0.39 is 0 Å². The summed E-state index contributed by atoms with van der Waals surface area (Å²) < 4.78 is 11.4. The zero-order valence-corrected chi connectivity index (χ0v) is 16.6. The Balaban J connectivity index is 1.44. The Kier molecular flexibility index (Phi) is 7.78. The Morgan fingerprint density at radius 2 is 2.04 bits per heavy atom. The molecule has 150 valence electrons. The second kappa shape index (κ2) is 10.5. The molecule has 2 aliphatic rings. The van der Waals surface area contributed by atoms with Crippen LogP contribution in [0.15, 0.2) is 29.3 Å². The number of aliphatic imine (C=N–C) groups is 1. The molecule has 0 amide bonds. The number of nitrogens with zero attached hydrogens (tertiary/aromatic N) is 3. The third kappa shape index (κ3) is 6.40. The Bertz CT molecular complexity index is 596. The van der Waals surface area contributed by atoms with Gasteiger partial charge in [0.1, 0.15) is 12.4 Å². The minimum absolute atomic E-state index is 0.599. The molecule has 0 radical (unpaired) electrons. The van der Waals surface area contributed by atoms with Gasteiger partial charge >= 0.3 is 0 Å². The number of benzene rings is 1. The molecule has 2 N–H and O–H groups in total. The minimum atomic E-state index is 0.599. The van der Waals surface area contributed by atoms with Gasteiger partial charge in [-0.05, 0) is 56.8 Å². The molecule has 1 aromatic carbocycles. The van der Waals surface area contributed by atoms with E-state index in [0.29, 0.717) is 25.2 Å². The largest absolute Gasteiger partial charge is 0.492 e. The molecule has 0 aliphatic carbocycles. The predicted octanol–water partition coefficient (Wildman–Crippen LogP) is 2.48. The Labute approximate surface area is 163 Å². The van der Waals surface area contributed by atoms with E-state index in [0.717, 1.165) is 57.0 Å². The van der Waals surface area contributed by atoms with E-state index in [-0.39, 0.29) is 0 Å². The molecule has 0 saturated carbocycles. The van der Waals surface area contributed by atoms with Crippen LogP contribution in [0.1, 0.15) is 37.7 Å². The molecule has 6 heteroatoms. The zero-order chi connectivity index (χ0) is 18.9. The summed E-state index contributed by atoms with van der Waals surface area (Å²) in [5, 5.41) is 0. The van der Waals surface area contributed by atoms with Gasteiger partial charge in [0.15, 0.2) is 5.96 Å². The minimum Gasteiger partial charge on any atom is -0.492 e. The number of likely N-dealkylation sites (tertiary alicyclic amines) is 1. The molecule has 1 aromatic rings. The summed E-state index contributed by atoms with van der Waals surface area (Å²) in [6.45, 7) is 6.02. The molecule has 6 nitrogen and oxygen atoms in total. The van der Waals surface area contributed by atoms with Crippen LogP contribution in [0.5, 0.6) is 5.75 Å². The number of likely N-dealkylation sites (N-methyl/N-ethyl adjacent to an activating group) is 1. The maximum absolute atomic E-state index is 6.15. The number of piperidine rings is 1. The number of rotatable bonds is 7. The molecule has 2 fully saturated rings. The summed E-state index contributed by atoms with van der Waals surface area (Å²) in [6, 6.07) is 8.80. The average Bonchev–Trinajstić information content (AvgIpc) is 2.73. The first-order chi connectivity index (χ1) is 13.2. The second-order valence-electron chi connectivity index (χ2n) is 7.54. The third-order valence-electron chi connectivity index (χ3n) is 5.53. The van der Waals surface area contributed by atoms with Crippen molar-refractivity contribution >= 4 is 5.96 Å². The zero-order valence-electron chi connectivity index (χ0n) is 16.6. The van der Waals surface area contributed by atoms with E-state index in [2.05, 4.69) is 34.0 Å². The van der Waals surface area contributed by atoms with Crippen molar-refractivity contribution in [1.82, 2.24) is 9.80 Å². The lowest BCUT2D eigenvalue weighted by atomic mass is 10.1. The van der Waals surface area contributed by atoms with E-state index in [4.69, 9.17) is 15.2 Å². The number of guanidine groups is 1. The number of hydrogen-bond donors (Lipinski definition) is 1. The molecular formula is C21H34N4O2. The smallest absolute Gasteiger partial charge is 0.191 e. The predicted molar refractivity (Wildman–Crippen MR) is 109 cm³/mol. The fourth-order valence-corrected chi connectivity index (χ4v) is 3.74. The SMILES string of the molecule is CN(CCOc1cccc(CN=C(N)N2CCCCC2)c1)C1CCOCC1. The Hall–Kier alpha value is -1.79. The van der Waals surface area contributed by atoms with Gasteiger partial charge in [0.2, 0.25) is 0 Å². The summed E-state index contributed by atoms with van der Waals surface area (Å²) in [5.74, 6) is 1.57. The van der Waals surface area contributed by atoms with Gasteiger partial charge in [-0.2, -0.15) is 0 Å². The Morgan fingerprint density at radius 3 is 2.81 bits per heavy atom. The van der Waals surface area contributed by atoms with Gasteiger partial charge < -0.3 is 20.1 Å². The van der Waals surface area contributed by atoms with Gasteiger partial charge in [0.25, 0.3) is 0 Å². The van der Waals surface area contributed by atoms with Crippen molar-refractivity contribution in [3.8, 4) is 5.75 Å². The van der Waals surface area contributed by atoms with Crippen LogP contribution in [0.2, 0.25) is 0 Å². The van der Waals surface area contributed by atoms with Crippen LogP contribution in [0.25, 0.3) is 0 Å². The molecule has 3 rings (SSSR count). The molecule has 0 unspecified atom stereocenters. The highest BCUT2D eigenvalue weighted by molar-refractivity contribution is 5.78. The summed E-state index contributed by atoms with van der Waals surface area (Å²) in [4.78, 5) is 9.15. The van der Waals surface area contributed by atoms with E-state index in [1.165, 1.54) is 19.3 Å². The van der Waals surface area contributed by atoms with Gasteiger partial charge in [-0.3, -0.25) is 4.90 Å². The lowest BCUT2D eigenvalue weighted by Gasteiger charge is -2.31. The van der Waals surface area contributed by atoms with Crippen molar-refractivity contribution in [2.75, 3.05) is 46.5 Å². The number of ether oxygens (including phenoxy) is 2. The second-order valence-corrected chi connectivity index (χ2v) is 7.54. The third-order valence-corrected chi connectivity index (χ3v) is 5.53. The monoisotopic (exact) mass is 374 g/mol. The van der Waals surface area contributed by atoms with Crippen molar-refractivity contribution in [1.29, 1.82) is 0 Å². The van der Waals surface area contributed by atoms with Gasteiger partial charge in [-0.15, -0.1) is 0 Å². The van der Waals surface area contributed by atoms with Crippen LogP contribution >= 0.6 is 0 Å². The van der Waals surface area contributed by atoms with Crippen molar-refractivity contribution in [2.45, 2.75) is 44.7 Å². The molecule has 2 heterocycles. The molecule has 0 bridgehead atoms. The van der Waals surface area contributed by atoms with Gasteiger partial charge in [0, 0.05) is 38.9 Å². The van der Waals surface area contributed by atoms with Gasteiger partial charge in [-0.25, -0.2) is 4.99 Å². The lowest BCUT2D eigenvalue weighted by molar-refractivity contribution is 0.0392. The van der Waals surface area contributed by atoms with Crippen molar-refractivity contribution < 1.29 is 9.47 Å². The highest BCUT2D eigenvalue weighted by atomic mass is 16.5. The standard InChI is InChI=1S/C21H34N4O2/c1-24(19-8-13-26-14-9-19)12-15-27-20-7-5-6-18(16-20)17-23-21(22)25-10-3-2-4-11-25/h5-7,16,19H,2-4,8-15,17H2,1H3,(H2,22,23). The van der Waals surface area contributed by atoms with E-state index >= 15 is 0 Å². The maximum atomic E-state index is 6.15. The van der Waals surface area contributed by atoms with E-state index in [9.17, 15) is 0 Å². The maximum Gasteiger partial charge on any atom is 0.191 e. The summed E-state index contributed by atoms with van der Waals surface area (Å²) in [6.07, 6.45) is 5.95. The first-order valence-electron chi connectivity index (χ1n) is 10.3. The summed E-state index contributed by atoms with van der Waals surface area (Å²) in [5.41, 5.74) is 7.28. The van der Waals surface area contributed by atoms with E-state index in [1.54, 1.807) is 0 Å². The molecule has 27 heavy (non-hydrogen) atoms. The number of hydrogen-bond acceptors (Lipinski definition) is 4. The highest BCUT2D eigenvalue weighted by Gasteiger charge is 2.18. The normalized spacial score (nSPS) is 19.5. The first kappa shape index (κ1) is 20.0. The van der Waals surface area contributed by atoms with Gasteiger partial charge in [-0.1, -0.05) is 12.1 Å².